The van der Waals surface area contributed by atoms with Gasteiger partial charge in [0.05, 0.1) is 6.10 Å². The van der Waals surface area contributed by atoms with Gasteiger partial charge in [0.15, 0.2) is 0 Å². The molecule has 4 nitrogen and oxygen atoms in total. The summed E-state index contributed by atoms with van der Waals surface area (Å²) < 4.78 is 0. The first kappa shape index (κ1) is 30.9. The van der Waals surface area contributed by atoms with Crippen molar-refractivity contribution in [2.45, 2.75) is 102 Å². The van der Waals surface area contributed by atoms with Crippen LogP contribution in [0.1, 0.15) is 100 Å². The molecule has 5 unspecified atom stereocenters. The molecule has 226 valence electrons. The number of thioether (sulfide) groups is 1. The van der Waals surface area contributed by atoms with E-state index < -0.39 is 0 Å². The van der Waals surface area contributed by atoms with Crippen LogP contribution in [-0.4, -0.2) is 57.8 Å². The molecule has 2 fully saturated rings. The van der Waals surface area contributed by atoms with Crippen molar-refractivity contribution in [3.63, 3.8) is 0 Å². The van der Waals surface area contributed by atoms with Gasteiger partial charge in [-0.1, -0.05) is 31.9 Å². The molecule has 1 aromatic heterocycles. The molecule has 2 N–H and O–H groups in total. The highest BCUT2D eigenvalue weighted by Gasteiger charge is 2.57. The van der Waals surface area contributed by atoms with E-state index in [0.29, 0.717) is 29.4 Å². The van der Waals surface area contributed by atoms with Gasteiger partial charge in [0.1, 0.15) is 5.75 Å². The van der Waals surface area contributed by atoms with E-state index in [1.807, 2.05) is 24.4 Å². The molecular weight excluding hydrogens is 524 g/mol. The Bertz CT molecular complexity index is 1080. The number of pyridine rings is 1. The number of aliphatic hydroxyl groups excluding tert-OH is 1. The largest absolute Gasteiger partial charge is 0.508 e. The van der Waals surface area contributed by atoms with E-state index in [1.165, 1.54) is 106 Å². The number of aryl methyl sites for hydroxylation is 2. The molecule has 5 heteroatoms. The zero-order valence-corrected chi connectivity index (χ0v) is 26.5. The number of benzene rings is 1. The summed E-state index contributed by atoms with van der Waals surface area (Å²) in [4.78, 5) is 6.95. The van der Waals surface area contributed by atoms with Gasteiger partial charge in [-0.05, 0) is 167 Å². The fraction of sp³-hybridized carbons (Fsp3) is 0.694. The minimum atomic E-state index is -0.129. The molecule has 0 aliphatic heterocycles. The normalized spacial score (nSPS) is 28.8. The second-order valence-electron chi connectivity index (χ2n) is 13.7. The third kappa shape index (κ3) is 7.70. The van der Waals surface area contributed by atoms with Crippen molar-refractivity contribution in [2.24, 2.45) is 23.2 Å². The Morgan fingerprint density at radius 2 is 1.83 bits per heavy atom. The molecule has 1 heterocycles. The van der Waals surface area contributed by atoms with Gasteiger partial charge in [0.2, 0.25) is 0 Å². The summed E-state index contributed by atoms with van der Waals surface area (Å²) in [5, 5.41) is 21.2. The third-order valence-electron chi connectivity index (χ3n) is 10.9. The second-order valence-corrected chi connectivity index (χ2v) is 14.9. The maximum absolute atomic E-state index is 11.0. The van der Waals surface area contributed by atoms with Crippen LogP contribution in [0.4, 0.5) is 0 Å². The maximum atomic E-state index is 11.0. The highest BCUT2D eigenvalue weighted by Crippen LogP contribution is 2.63. The summed E-state index contributed by atoms with van der Waals surface area (Å²) in [6.45, 7) is 4.81. The predicted molar refractivity (Wildman–Crippen MR) is 173 cm³/mol. The van der Waals surface area contributed by atoms with Crippen molar-refractivity contribution in [1.82, 2.24) is 9.88 Å². The highest BCUT2D eigenvalue weighted by molar-refractivity contribution is 7.99. The molecule has 0 amide bonds. The number of aliphatic hydroxyl groups is 1. The highest BCUT2D eigenvalue weighted by atomic mass is 32.2. The van der Waals surface area contributed by atoms with Crippen molar-refractivity contribution in [3.05, 3.63) is 59.4 Å². The van der Waals surface area contributed by atoms with Crippen LogP contribution in [0.5, 0.6) is 5.75 Å². The Morgan fingerprint density at radius 3 is 2.68 bits per heavy atom. The lowest BCUT2D eigenvalue weighted by atomic mass is 9.51. The van der Waals surface area contributed by atoms with Crippen LogP contribution in [0.3, 0.4) is 0 Å². The average Bonchev–Trinajstić information content (AvgIpc) is 3.27. The second kappa shape index (κ2) is 14.8. The summed E-state index contributed by atoms with van der Waals surface area (Å²) >= 11 is 2.11. The van der Waals surface area contributed by atoms with Gasteiger partial charge in [-0.3, -0.25) is 4.98 Å². The van der Waals surface area contributed by atoms with Crippen molar-refractivity contribution in [2.75, 3.05) is 31.6 Å². The van der Waals surface area contributed by atoms with Crippen LogP contribution in [0.15, 0.2) is 42.6 Å². The van der Waals surface area contributed by atoms with Gasteiger partial charge in [0, 0.05) is 11.9 Å². The fourth-order valence-electron chi connectivity index (χ4n) is 8.80. The van der Waals surface area contributed by atoms with Crippen LogP contribution in [0.2, 0.25) is 0 Å². The quantitative estimate of drug-likeness (QED) is 0.211. The van der Waals surface area contributed by atoms with E-state index in [9.17, 15) is 10.2 Å². The van der Waals surface area contributed by atoms with Crippen LogP contribution < -0.4 is 0 Å². The molecule has 0 bridgehead atoms. The molecule has 3 aliphatic carbocycles. The lowest BCUT2D eigenvalue weighted by Gasteiger charge is -2.54. The molecular formula is C36H54N2O2S. The van der Waals surface area contributed by atoms with E-state index >= 15 is 0 Å². The first-order chi connectivity index (χ1) is 20.0. The lowest BCUT2D eigenvalue weighted by molar-refractivity contribution is -0.0501. The number of nitrogens with zero attached hydrogens (tertiary/aromatic N) is 2. The topological polar surface area (TPSA) is 56.6 Å². The smallest absolute Gasteiger partial charge is 0.115 e. The van der Waals surface area contributed by atoms with Crippen molar-refractivity contribution >= 4 is 11.8 Å². The molecule has 0 saturated heterocycles. The number of unbranched alkanes of at least 4 members (excludes halogenated alkanes) is 3. The molecule has 0 radical (unpaired) electrons. The molecule has 2 saturated carbocycles. The number of hydrogen-bond acceptors (Lipinski definition) is 5. The number of fused-ring (bicyclic) bond motifs is 5. The molecule has 5 rings (SSSR count). The zero-order valence-electron chi connectivity index (χ0n) is 25.6. The SMILES string of the molecule is CN(CCCCC[C@H]1CC2(C)C(O)CCC2C2CCc3cc(O)ccc3C21)CCCSCCCCc1ccccn1. The van der Waals surface area contributed by atoms with Gasteiger partial charge in [-0.15, -0.1) is 0 Å². The Hall–Kier alpha value is -1.56. The van der Waals surface area contributed by atoms with E-state index in [4.69, 9.17) is 0 Å². The standard InChI is InChI=1S/C36H54N2O2S/c1-36-26-28(35-31-17-15-30(39)25-27(31)14-16-32(35)33(36)18-19-34(36)40)11-4-3-8-21-38(2)22-10-24-41-23-9-6-13-29-12-5-7-20-37-29/h5,7,12,15,17,20,25,28,32-35,39-40H,3-4,6,8-11,13-14,16,18-19,21-24,26H2,1-2H3/t28-,32?,33?,34?,35?,36?/m0/s1. The van der Waals surface area contributed by atoms with Gasteiger partial charge in [-0.2, -0.15) is 11.8 Å². The number of phenols is 1. The Morgan fingerprint density at radius 1 is 0.976 bits per heavy atom. The van der Waals surface area contributed by atoms with E-state index in [1.54, 1.807) is 0 Å². The molecule has 3 aliphatic rings. The van der Waals surface area contributed by atoms with Gasteiger partial charge >= 0.3 is 0 Å². The summed E-state index contributed by atoms with van der Waals surface area (Å²) in [5.41, 5.74) is 4.21. The van der Waals surface area contributed by atoms with Crippen molar-refractivity contribution in [1.29, 1.82) is 0 Å². The average molecular weight is 579 g/mol. The number of rotatable bonds is 15. The predicted octanol–water partition coefficient (Wildman–Crippen LogP) is 7.87. The molecule has 1 aromatic carbocycles. The Labute approximate surface area is 253 Å². The Balaban J connectivity index is 0.997. The molecule has 0 spiro atoms. The molecule has 6 atom stereocenters. The molecule has 2 aromatic rings. The van der Waals surface area contributed by atoms with Gasteiger partial charge in [-0.25, -0.2) is 0 Å². The van der Waals surface area contributed by atoms with Crippen LogP contribution in [-0.2, 0) is 12.8 Å². The minimum absolute atomic E-state index is 0.0948. The number of phenolic OH excluding ortho intramolecular Hbond substituents is 1. The first-order valence-electron chi connectivity index (χ1n) is 16.6. The monoisotopic (exact) mass is 578 g/mol. The summed E-state index contributed by atoms with van der Waals surface area (Å²) in [6, 6.07) is 12.4. The number of hydrogen-bond donors (Lipinski definition) is 2. The molecule has 41 heavy (non-hydrogen) atoms. The zero-order chi connectivity index (χ0) is 28.7. The van der Waals surface area contributed by atoms with E-state index in [-0.39, 0.29) is 11.5 Å². The summed E-state index contributed by atoms with van der Waals surface area (Å²) in [6.07, 6.45) is 17.5. The van der Waals surface area contributed by atoms with Crippen LogP contribution in [0, 0.1) is 23.2 Å². The first-order valence-corrected chi connectivity index (χ1v) is 17.8. The summed E-state index contributed by atoms with van der Waals surface area (Å²) in [5.74, 6) is 5.55. The summed E-state index contributed by atoms with van der Waals surface area (Å²) in [7, 11) is 2.29. The maximum Gasteiger partial charge on any atom is 0.115 e. The fourth-order valence-corrected chi connectivity index (χ4v) is 9.75. The minimum Gasteiger partial charge on any atom is -0.508 e. The van der Waals surface area contributed by atoms with Crippen molar-refractivity contribution in [3.8, 4) is 5.75 Å². The van der Waals surface area contributed by atoms with E-state index in [0.717, 1.165) is 19.3 Å². The lowest BCUT2D eigenvalue weighted by Crippen LogP contribution is -2.47. The van der Waals surface area contributed by atoms with Gasteiger partial charge < -0.3 is 15.1 Å². The Kier molecular flexibility index (Phi) is 11.1. The number of aromatic hydroxyl groups is 1. The van der Waals surface area contributed by atoms with Crippen LogP contribution in [0.25, 0.3) is 0 Å². The van der Waals surface area contributed by atoms with Crippen LogP contribution >= 0.6 is 11.8 Å². The van der Waals surface area contributed by atoms with E-state index in [2.05, 4.69) is 53.8 Å². The number of aromatic nitrogens is 1. The van der Waals surface area contributed by atoms with Gasteiger partial charge in [0.25, 0.3) is 0 Å². The third-order valence-corrected chi connectivity index (χ3v) is 12.1. The van der Waals surface area contributed by atoms with Crippen molar-refractivity contribution < 1.29 is 10.2 Å².